The molecule has 3 aromatic rings. The number of aromatic amines is 1. The van der Waals surface area contributed by atoms with Crippen molar-refractivity contribution in [2.24, 2.45) is 0 Å². The van der Waals surface area contributed by atoms with Crippen molar-refractivity contribution in [3.05, 3.63) is 99.5 Å². The van der Waals surface area contributed by atoms with Crippen molar-refractivity contribution in [2.45, 2.75) is 32.3 Å². The van der Waals surface area contributed by atoms with Gasteiger partial charge in [0, 0.05) is 31.9 Å². The van der Waals surface area contributed by atoms with Crippen LogP contribution in [0.2, 0.25) is 0 Å². The zero-order chi connectivity index (χ0) is 23.1. The number of hydrogen-bond donors (Lipinski definition) is 2. The van der Waals surface area contributed by atoms with Gasteiger partial charge in [0.05, 0.1) is 5.56 Å². The Hall–Kier alpha value is -3.10. The molecular formula is C24H25F3N2O3. The summed E-state index contributed by atoms with van der Waals surface area (Å²) in [6.45, 7) is 3.28. The van der Waals surface area contributed by atoms with Gasteiger partial charge in [-0.3, -0.25) is 9.69 Å². The lowest BCUT2D eigenvalue weighted by Crippen LogP contribution is -2.35. The highest BCUT2D eigenvalue weighted by molar-refractivity contribution is 5.29. The maximum Gasteiger partial charge on any atom is 0.416 e. The largest absolute Gasteiger partial charge is 0.491 e. The first-order chi connectivity index (χ1) is 15.2. The molecule has 0 aliphatic rings. The van der Waals surface area contributed by atoms with Crippen molar-refractivity contribution >= 4 is 0 Å². The molecule has 0 spiro atoms. The highest BCUT2D eigenvalue weighted by atomic mass is 19.4. The van der Waals surface area contributed by atoms with Crippen molar-refractivity contribution in [1.29, 1.82) is 0 Å². The molecule has 32 heavy (non-hydrogen) atoms. The standard InChI is InChI=1S/C24H25F3N2O3/c1-17-4-2-3-5-19(17)14-29(13-18-6-11-23(31)28-12-18)15-21(30)16-32-22-9-7-20(8-10-22)24(25,26)27/h2-12,21,30H,13-16H2,1H3,(H,28,31). The van der Waals surface area contributed by atoms with Gasteiger partial charge in [0.15, 0.2) is 0 Å². The Balaban J connectivity index is 1.64. The van der Waals surface area contributed by atoms with Crippen LogP contribution in [0.5, 0.6) is 5.75 Å². The van der Waals surface area contributed by atoms with E-state index >= 15 is 0 Å². The van der Waals surface area contributed by atoms with Gasteiger partial charge in [-0.1, -0.05) is 30.3 Å². The maximum absolute atomic E-state index is 12.7. The van der Waals surface area contributed by atoms with E-state index in [1.165, 1.54) is 18.2 Å². The average molecular weight is 446 g/mol. The molecule has 8 heteroatoms. The van der Waals surface area contributed by atoms with E-state index in [2.05, 4.69) is 4.98 Å². The number of aliphatic hydroxyl groups excluding tert-OH is 1. The fourth-order valence-electron chi connectivity index (χ4n) is 3.30. The first-order valence-electron chi connectivity index (χ1n) is 10.1. The summed E-state index contributed by atoms with van der Waals surface area (Å²) in [5.41, 5.74) is 2.16. The summed E-state index contributed by atoms with van der Waals surface area (Å²) < 4.78 is 43.5. The number of pyridine rings is 1. The molecule has 2 N–H and O–H groups in total. The van der Waals surface area contributed by atoms with Crippen LogP contribution in [0.1, 0.15) is 22.3 Å². The summed E-state index contributed by atoms with van der Waals surface area (Å²) in [6, 6.07) is 15.5. The molecule has 0 aliphatic heterocycles. The predicted octanol–water partition coefficient (Wildman–Crippen LogP) is 4.14. The van der Waals surface area contributed by atoms with Crippen LogP contribution in [0.15, 0.2) is 71.7 Å². The van der Waals surface area contributed by atoms with E-state index in [0.717, 1.165) is 28.8 Å². The summed E-state index contributed by atoms with van der Waals surface area (Å²) in [6.07, 6.45) is -3.64. The van der Waals surface area contributed by atoms with Crippen LogP contribution in [0.4, 0.5) is 13.2 Å². The Labute approximate surface area is 184 Å². The molecule has 3 rings (SSSR count). The van der Waals surface area contributed by atoms with Gasteiger partial charge >= 0.3 is 6.18 Å². The minimum absolute atomic E-state index is 0.0682. The molecule has 5 nitrogen and oxygen atoms in total. The molecule has 0 aliphatic carbocycles. The second-order valence-corrected chi connectivity index (χ2v) is 7.64. The Morgan fingerprint density at radius 3 is 2.38 bits per heavy atom. The third-order valence-corrected chi connectivity index (χ3v) is 5.00. The number of aryl methyl sites for hydroxylation is 1. The number of aromatic nitrogens is 1. The Kier molecular flexibility index (Phi) is 7.71. The maximum atomic E-state index is 12.7. The van der Waals surface area contributed by atoms with Gasteiger partial charge in [0.25, 0.3) is 0 Å². The van der Waals surface area contributed by atoms with Gasteiger partial charge in [-0.25, -0.2) is 0 Å². The highest BCUT2D eigenvalue weighted by Gasteiger charge is 2.30. The zero-order valence-corrected chi connectivity index (χ0v) is 17.6. The molecular weight excluding hydrogens is 421 g/mol. The van der Waals surface area contributed by atoms with Gasteiger partial charge < -0.3 is 14.8 Å². The second-order valence-electron chi connectivity index (χ2n) is 7.64. The van der Waals surface area contributed by atoms with E-state index in [-0.39, 0.29) is 24.5 Å². The molecule has 0 amide bonds. The smallest absolute Gasteiger partial charge is 0.416 e. The monoisotopic (exact) mass is 446 g/mol. The van der Waals surface area contributed by atoms with Gasteiger partial charge in [0.1, 0.15) is 18.5 Å². The van der Waals surface area contributed by atoms with Crippen LogP contribution in [0, 0.1) is 6.92 Å². The summed E-state index contributed by atoms with van der Waals surface area (Å²) >= 11 is 0. The lowest BCUT2D eigenvalue weighted by atomic mass is 10.1. The molecule has 0 bridgehead atoms. The van der Waals surface area contributed by atoms with Crippen LogP contribution >= 0.6 is 0 Å². The number of H-pyrrole nitrogens is 1. The number of alkyl halides is 3. The first-order valence-corrected chi connectivity index (χ1v) is 10.1. The van der Waals surface area contributed by atoms with Gasteiger partial charge in [-0.05, 0) is 47.9 Å². The fraction of sp³-hybridized carbons (Fsp3) is 0.292. The molecule has 1 atom stereocenters. The van der Waals surface area contributed by atoms with Gasteiger partial charge in [-0.2, -0.15) is 13.2 Å². The number of hydrogen-bond acceptors (Lipinski definition) is 4. The molecule has 0 saturated carbocycles. The van der Waals surface area contributed by atoms with Crippen molar-refractivity contribution in [1.82, 2.24) is 9.88 Å². The molecule has 0 radical (unpaired) electrons. The number of benzene rings is 2. The molecule has 1 unspecified atom stereocenters. The van der Waals surface area contributed by atoms with Crippen LogP contribution in [0.25, 0.3) is 0 Å². The van der Waals surface area contributed by atoms with Crippen molar-refractivity contribution < 1.29 is 23.0 Å². The second kappa shape index (κ2) is 10.5. The third-order valence-electron chi connectivity index (χ3n) is 5.00. The van der Waals surface area contributed by atoms with E-state index < -0.39 is 17.8 Å². The summed E-state index contributed by atoms with van der Waals surface area (Å²) in [5, 5.41) is 10.5. The Morgan fingerprint density at radius 2 is 1.75 bits per heavy atom. The molecule has 170 valence electrons. The molecule has 0 fully saturated rings. The molecule has 0 saturated heterocycles. The van der Waals surface area contributed by atoms with Crippen molar-refractivity contribution in [3.8, 4) is 5.75 Å². The Morgan fingerprint density at radius 1 is 1.03 bits per heavy atom. The topological polar surface area (TPSA) is 65.6 Å². The quantitative estimate of drug-likeness (QED) is 0.519. The number of ether oxygens (including phenoxy) is 1. The normalized spacial score (nSPS) is 12.7. The van der Waals surface area contributed by atoms with Gasteiger partial charge in [0.2, 0.25) is 5.56 Å². The molecule has 1 heterocycles. The van der Waals surface area contributed by atoms with Crippen LogP contribution in [-0.2, 0) is 19.3 Å². The summed E-state index contributed by atoms with van der Waals surface area (Å²) in [5.74, 6) is 0.253. The number of nitrogens with zero attached hydrogens (tertiary/aromatic N) is 1. The Bertz CT molecular complexity index is 1040. The van der Waals surface area contributed by atoms with E-state index in [9.17, 15) is 23.1 Å². The number of aliphatic hydroxyl groups is 1. The van der Waals surface area contributed by atoms with Gasteiger partial charge in [-0.15, -0.1) is 0 Å². The molecule has 1 aromatic heterocycles. The van der Waals surface area contributed by atoms with E-state index in [4.69, 9.17) is 4.74 Å². The highest BCUT2D eigenvalue weighted by Crippen LogP contribution is 2.30. The van der Waals surface area contributed by atoms with Crippen LogP contribution in [-0.4, -0.2) is 34.2 Å². The first kappa shape index (κ1) is 23.6. The number of rotatable bonds is 9. The van der Waals surface area contributed by atoms with Crippen LogP contribution in [0.3, 0.4) is 0 Å². The summed E-state index contributed by atoms with van der Waals surface area (Å²) in [7, 11) is 0. The number of halogens is 3. The number of nitrogens with one attached hydrogen (secondary N) is 1. The lowest BCUT2D eigenvalue weighted by molar-refractivity contribution is -0.137. The van der Waals surface area contributed by atoms with E-state index in [1.54, 1.807) is 12.3 Å². The minimum atomic E-state index is -4.41. The SMILES string of the molecule is Cc1ccccc1CN(Cc1ccc(=O)[nH]c1)CC(O)COc1ccc(C(F)(F)F)cc1. The molecule has 2 aromatic carbocycles. The predicted molar refractivity (Wildman–Crippen MR) is 115 cm³/mol. The average Bonchev–Trinajstić information content (AvgIpc) is 2.75. The zero-order valence-electron chi connectivity index (χ0n) is 17.6. The third kappa shape index (κ3) is 6.96. The van der Waals surface area contributed by atoms with E-state index in [0.29, 0.717) is 13.1 Å². The van der Waals surface area contributed by atoms with Crippen molar-refractivity contribution in [3.63, 3.8) is 0 Å². The summed E-state index contributed by atoms with van der Waals surface area (Å²) in [4.78, 5) is 16.0. The van der Waals surface area contributed by atoms with Crippen LogP contribution < -0.4 is 10.3 Å². The van der Waals surface area contributed by atoms with E-state index in [1.807, 2.05) is 36.1 Å². The minimum Gasteiger partial charge on any atom is -0.491 e. The van der Waals surface area contributed by atoms with Crippen molar-refractivity contribution in [2.75, 3.05) is 13.2 Å². The fourth-order valence-corrected chi connectivity index (χ4v) is 3.30. The lowest BCUT2D eigenvalue weighted by Gasteiger charge is -2.26.